The Morgan fingerprint density at radius 1 is 1.30 bits per heavy atom. The molecule has 0 spiro atoms. The summed E-state index contributed by atoms with van der Waals surface area (Å²) in [5.41, 5.74) is 0.190. The maximum atomic E-state index is 13.1. The minimum atomic E-state index is -4.66. The Morgan fingerprint density at radius 3 is 2.40 bits per heavy atom. The van der Waals surface area contributed by atoms with Gasteiger partial charge in [0.1, 0.15) is 11.9 Å². The van der Waals surface area contributed by atoms with E-state index in [2.05, 4.69) is 0 Å². The zero-order chi connectivity index (χ0) is 15.1. The topological polar surface area (TPSA) is 46.2 Å². The van der Waals surface area contributed by atoms with Crippen molar-refractivity contribution in [2.45, 2.75) is 36.9 Å². The average Bonchev–Trinajstić information content (AvgIpc) is 3.12. The van der Waals surface area contributed by atoms with Crippen molar-refractivity contribution >= 4 is 10.0 Å². The number of rotatable bonds is 4. The summed E-state index contributed by atoms with van der Waals surface area (Å²) in [6.45, 7) is 1.40. The van der Waals surface area contributed by atoms with Crippen LogP contribution in [0.15, 0.2) is 23.1 Å². The fraction of sp³-hybridized carbons (Fsp3) is 0.500. The molecular formula is C12H13F4NO2S. The zero-order valence-corrected chi connectivity index (χ0v) is 11.4. The molecule has 1 aromatic carbocycles. The molecule has 20 heavy (non-hydrogen) atoms. The van der Waals surface area contributed by atoms with Gasteiger partial charge in [0.25, 0.3) is 0 Å². The molecule has 0 saturated heterocycles. The van der Waals surface area contributed by atoms with Crippen molar-refractivity contribution in [1.29, 1.82) is 0 Å². The van der Waals surface area contributed by atoms with Crippen molar-refractivity contribution in [3.05, 3.63) is 29.6 Å². The molecule has 112 valence electrons. The minimum absolute atomic E-state index is 0.190. The van der Waals surface area contributed by atoms with Gasteiger partial charge in [-0.3, -0.25) is 0 Å². The van der Waals surface area contributed by atoms with E-state index >= 15 is 0 Å². The number of aryl methyl sites for hydroxylation is 1. The highest BCUT2D eigenvalue weighted by Gasteiger charge is 2.50. The highest BCUT2D eigenvalue weighted by Crippen LogP contribution is 2.40. The number of hydrogen-bond donors (Lipinski definition) is 1. The predicted octanol–water partition coefficient (Wildman–Crippen LogP) is 2.75. The van der Waals surface area contributed by atoms with Gasteiger partial charge in [-0.1, -0.05) is 6.07 Å². The van der Waals surface area contributed by atoms with Crippen molar-refractivity contribution in [2.24, 2.45) is 5.92 Å². The molecule has 0 bridgehead atoms. The molecule has 0 heterocycles. The maximum absolute atomic E-state index is 13.1. The molecule has 1 aromatic rings. The molecule has 0 radical (unpaired) electrons. The van der Waals surface area contributed by atoms with Crippen molar-refractivity contribution in [3.63, 3.8) is 0 Å². The van der Waals surface area contributed by atoms with E-state index in [1.54, 1.807) is 4.72 Å². The highest BCUT2D eigenvalue weighted by molar-refractivity contribution is 7.89. The molecule has 1 saturated carbocycles. The largest absolute Gasteiger partial charge is 0.405 e. The Balaban J connectivity index is 2.33. The van der Waals surface area contributed by atoms with Crippen molar-refractivity contribution < 1.29 is 26.0 Å². The van der Waals surface area contributed by atoms with Gasteiger partial charge >= 0.3 is 6.18 Å². The molecule has 1 N–H and O–H groups in total. The second-order valence-electron chi connectivity index (χ2n) is 4.89. The number of sulfonamides is 1. The van der Waals surface area contributed by atoms with Gasteiger partial charge in [-0.25, -0.2) is 12.8 Å². The van der Waals surface area contributed by atoms with E-state index in [-0.39, 0.29) is 5.56 Å². The summed E-state index contributed by atoms with van der Waals surface area (Å²) in [6, 6.07) is 0.869. The third-order valence-electron chi connectivity index (χ3n) is 3.17. The monoisotopic (exact) mass is 311 g/mol. The van der Waals surface area contributed by atoms with Crippen LogP contribution in [0.3, 0.4) is 0 Å². The molecule has 0 aromatic heterocycles. The standard InChI is InChI=1S/C12H13F4NO2S/c1-7-2-5-9(13)6-10(7)20(18,19)17-11(8-3-4-8)12(14,15)16/h2,5-6,8,11,17H,3-4H2,1H3. The van der Waals surface area contributed by atoms with Gasteiger partial charge in [-0.2, -0.15) is 17.9 Å². The summed E-state index contributed by atoms with van der Waals surface area (Å²) in [6.07, 6.45) is -4.00. The minimum Gasteiger partial charge on any atom is -0.207 e. The van der Waals surface area contributed by atoms with E-state index in [0.717, 1.165) is 12.1 Å². The second kappa shape index (κ2) is 5.00. The fourth-order valence-electron chi connectivity index (χ4n) is 1.95. The number of alkyl halides is 3. The van der Waals surface area contributed by atoms with Crippen LogP contribution in [0.5, 0.6) is 0 Å². The lowest BCUT2D eigenvalue weighted by molar-refractivity contribution is -0.155. The number of nitrogens with one attached hydrogen (secondary N) is 1. The summed E-state index contributed by atoms with van der Waals surface area (Å²) < 4.78 is 77.3. The first-order valence-electron chi connectivity index (χ1n) is 5.96. The molecule has 3 nitrogen and oxygen atoms in total. The van der Waals surface area contributed by atoms with E-state index in [9.17, 15) is 26.0 Å². The third kappa shape index (κ3) is 3.29. The molecule has 1 aliphatic rings. The normalized spacial score (nSPS) is 18.1. The lowest BCUT2D eigenvalue weighted by Gasteiger charge is -2.21. The van der Waals surface area contributed by atoms with Crippen molar-refractivity contribution in [1.82, 2.24) is 4.72 Å². The van der Waals surface area contributed by atoms with E-state index in [4.69, 9.17) is 0 Å². The Hall–Kier alpha value is -1.15. The molecule has 1 aliphatic carbocycles. The first kappa shape index (κ1) is 15.2. The van der Waals surface area contributed by atoms with Gasteiger partial charge in [0.2, 0.25) is 10.0 Å². The molecule has 1 unspecified atom stereocenters. The predicted molar refractivity (Wildman–Crippen MR) is 64.0 cm³/mol. The lowest BCUT2D eigenvalue weighted by Crippen LogP contribution is -2.46. The summed E-state index contributed by atoms with van der Waals surface area (Å²) in [5, 5.41) is 0. The number of benzene rings is 1. The van der Waals surface area contributed by atoms with Crippen LogP contribution in [0.4, 0.5) is 17.6 Å². The molecule has 2 rings (SSSR count). The van der Waals surface area contributed by atoms with Gasteiger partial charge in [0.05, 0.1) is 4.90 Å². The second-order valence-corrected chi connectivity index (χ2v) is 6.57. The SMILES string of the molecule is Cc1ccc(F)cc1S(=O)(=O)NC(C1CC1)C(F)(F)F. The third-order valence-corrected chi connectivity index (χ3v) is 4.75. The molecule has 8 heteroatoms. The zero-order valence-electron chi connectivity index (χ0n) is 10.5. The van der Waals surface area contributed by atoms with Gasteiger partial charge in [-0.05, 0) is 43.4 Å². The first-order chi connectivity index (χ1) is 9.11. The molecule has 1 atom stereocenters. The fourth-order valence-corrected chi connectivity index (χ4v) is 3.50. The van der Waals surface area contributed by atoms with E-state index < -0.39 is 38.9 Å². The van der Waals surface area contributed by atoms with Crippen molar-refractivity contribution in [2.75, 3.05) is 0 Å². The van der Waals surface area contributed by atoms with Crippen LogP contribution in [0, 0.1) is 18.7 Å². The molecule has 0 aliphatic heterocycles. The van der Waals surface area contributed by atoms with E-state index in [1.807, 2.05) is 0 Å². The molecular weight excluding hydrogens is 298 g/mol. The molecule has 1 fully saturated rings. The van der Waals surface area contributed by atoms with Crippen LogP contribution < -0.4 is 4.72 Å². The number of hydrogen-bond acceptors (Lipinski definition) is 2. The number of halogens is 4. The lowest BCUT2D eigenvalue weighted by atomic mass is 10.2. The Kier molecular flexibility index (Phi) is 3.81. The van der Waals surface area contributed by atoms with Gasteiger partial charge in [-0.15, -0.1) is 0 Å². The summed E-state index contributed by atoms with van der Waals surface area (Å²) >= 11 is 0. The molecule has 0 amide bonds. The van der Waals surface area contributed by atoms with Crippen LogP contribution >= 0.6 is 0 Å². The van der Waals surface area contributed by atoms with Gasteiger partial charge in [0.15, 0.2) is 0 Å². The van der Waals surface area contributed by atoms with Crippen LogP contribution in [0.25, 0.3) is 0 Å². The smallest absolute Gasteiger partial charge is 0.207 e. The van der Waals surface area contributed by atoms with Crippen LogP contribution in [0.2, 0.25) is 0 Å². The van der Waals surface area contributed by atoms with E-state index in [0.29, 0.717) is 12.8 Å². The van der Waals surface area contributed by atoms with Gasteiger partial charge in [0, 0.05) is 0 Å². The average molecular weight is 311 g/mol. The summed E-state index contributed by atoms with van der Waals surface area (Å²) in [7, 11) is -4.41. The maximum Gasteiger partial charge on any atom is 0.405 e. The van der Waals surface area contributed by atoms with Crippen LogP contribution in [-0.4, -0.2) is 20.6 Å². The quantitative estimate of drug-likeness (QED) is 0.869. The Morgan fingerprint density at radius 2 is 1.90 bits per heavy atom. The van der Waals surface area contributed by atoms with Crippen LogP contribution in [0.1, 0.15) is 18.4 Å². The van der Waals surface area contributed by atoms with Gasteiger partial charge < -0.3 is 0 Å². The van der Waals surface area contributed by atoms with E-state index in [1.165, 1.54) is 13.0 Å². The summed E-state index contributed by atoms with van der Waals surface area (Å²) in [4.78, 5) is -0.465. The summed E-state index contributed by atoms with van der Waals surface area (Å²) in [5.74, 6) is -1.55. The van der Waals surface area contributed by atoms with Crippen molar-refractivity contribution in [3.8, 4) is 0 Å². The Bertz CT molecular complexity index is 608. The van der Waals surface area contributed by atoms with Crippen LogP contribution in [-0.2, 0) is 10.0 Å². The highest BCUT2D eigenvalue weighted by atomic mass is 32.2. The first-order valence-corrected chi connectivity index (χ1v) is 7.45. The Labute approximate surface area is 114 Å².